The molecule has 7 heteroatoms. The normalized spacial score (nSPS) is 10.3. The minimum absolute atomic E-state index is 0.0248. The Kier molecular flexibility index (Phi) is 4.35. The van der Waals surface area contributed by atoms with Crippen molar-refractivity contribution >= 4 is 17.6 Å². The number of alkyl halides is 3. The fourth-order valence-corrected chi connectivity index (χ4v) is 1.52. The molecule has 0 aromatic carbocycles. The van der Waals surface area contributed by atoms with Crippen molar-refractivity contribution in [2.45, 2.75) is 18.7 Å². The quantitative estimate of drug-likeness (QED) is 0.843. The van der Waals surface area contributed by atoms with Gasteiger partial charge in [-0.2, -0.15) is 5.26 Å². The average molecular weight is 261 g/mol. The summed E-state index contributed by atoms with van der Waals surface area (Å²) in [4.78, 5) is 14.3. The summed E-state index contributed by atoms with van der Waals surface area (Å²) in [5.74, 6) is -1.42. The van der Waals surface area contributed by atoms with Crippen LogP contribution in [0.2, 0.25) is 0 Å². The van der Waals surface area contributed by atoms with Crippen molar-refractivity contribution in [3.8, 4) is 6.07 Å². The molecule has 0 aliphatic rings. The van der Waals surface area contributed by atoms with E-state index < -0.39 is 24.4 Å². The Balaban J connectivity index is 3.36. The zero-order valence-electron chi connectivity index (χ0n) is 8.45. The van der Waals surface area contributed by atoms with Crippen molar-refractivity contribution in [2.24, 2.45) is 0 Å². The Morgan fingerprint density at radius 3 is 2.71 bits per heavy atom. The maximum Gasteiger partial charge on any atom is 0.309 e. The van der Waals surface area contributed by atoms with E-state index in [1.165, 1.54) is 0 Å². The molecule has 0 aliphatic carbocycles. The third-order valence-corrected chi connectivity index (χ3v) is 2.24. The number of aliphatic carboxylic acids is 1. The van der Waals surface area contributed by atoms with E-state index in [9.17, 15) is 13.6 Å². The van der Waals surface area contributed by atoms with E-state index in [-0.39, 0.29) is 22.8 Å². The Bertz CT molecular complexity index is 486. The summed E-state index contributed by atoms with van der Waals surface area (Å²) in [6, 6.07) is 2.53. The number of nitriles is 1. The first-order valence-electron chi connectivity index (χ1n) is 4.48. The van der Waals surface area contributed by atoms with E-state index in [0.29, 0.717) is 0 Å². The second kappa shape index (κ2) is 5.55. The third-order valence-electron chi connectivity index (χ3n) is 1.98. The molecule has 0 aliphatic heterocycles. The fourth-order valence-electron chi connectivity index (χ4n) is 1.32. The fraction of sp³-hybridized carbons (Fsp3) is 0.300. The summed E-state index contributed by atoms with van der Waals surface area (Å²) in [6.07, 6.45) is -3.36. The molecule has 0 spiro atoms. The monoisotopic (exact) mass is 260 g/mol. The van der Waals surface area contributed by atoms with Crippen LogP contribution in [-0.4, -0.2) is 16.1 Å². The lowest BCUT2D eigenvalue weighted by molar-refractivity contribution is -0.136. The molecule has 0 saturated carbocycles. The van der Waals surface area contributed by atoms with Gasteiger partial charge < -0.3 is 5.11 Å². The molecular formula is C10H7ClF2N2O2. The Morgan fingerprint density at radius 1 is 1.65 bits per heavy atom. The SMILES string of the molecule is N#Cc1c(C(F)F)cc(CC(=O)O)nc1CCl. The van der Waals surface area contributed by atoms with Crippen LogP contribution in [0.15, 0.2) is 6.07 Å². The molecule has 4 nitrogen and oxygen atoms in total. The molecule has 17 heavy (non-hydrogen) atoms. The van der Waals surface area contributed by atoms with Crippen LogP contribution >= 0.6 is 11.6 Å². The van der Waals surface area contributed by atoms with Crippen molar-refractivity contribution in [1.29, 1.82) is 5.26 Å². The molecule has 1 aromatic rings. The number of nitrogens with zero attached hydrogens (tertiary/aromatic N) is 2. The molecule has 0 atom stereocenters. The first-order chi connectivity index (χ1) is 7.99. The molecule has 0 unspecified atom stereocenters. The first kappa shape index (κ1) is 13.3. The largest absolute Gasteiger partial charge is 0.481 e. The summed E-state index contributed by atoms with van der Waals surface area (Å²) in [5, 5.41) is 17.3. The Hall–Kier alpha value is -1.74. The summed E-state index contributed by atoms with van der Waals surface area (Å²) in [6.45, 7) is 0. The minimum Gasteiger partial charge on any atom is -0.481 e. The van der Waals surface area contributed by atoms with Gasteiger partial charge in [0, 0.05) is 5.56 Å². The van der Waals surface area contributed by atoms with Gasteiger partial charge >= 0.3 is 5.97 Å². The number of hydrogen-bond acceptors (Lipinski definition) is 3. The molecule has 0 bridgehead atoms. The van der Waals surface area contributed by atoms with Gasteiger partial charge in [-0.25, -0.2) is 8.78 Å². The lowest BCUT2D eigenvalue weighted by Gasteiger charge is -2.08. The number of rotatable bonds is 4. The molecule has 0 amide bonds. The Labute approximate surface area is 100 Å². The van der Waals surface area contributed by atoms with E-state index in [2.05, 4.69) is 4.98 Å². The van der Waals surface area contributed by atoms with Gasteiger partial charge in [-0.1, -0.05) is 0 Å². The standard InChI is InChI=1S/C10H7ClF2N2O2/c11-3-8-7(4-14)6(10(12)13)1-5(15-8)2-9(16)17/h1,10H,2-3H2,(H,16,17). The van der Waals surface area contributed by atoms with Gasteiger partial charge in [-0.3, -0.25) is 9.78 Å². The molecule has 1 rings (SSSR count). The van der Waals surface area contributed by atoms with Crippen molar-refractivity contribution in [3.05, 3.63) is 28.6 Å². The van der Waals surface area contributed by atoms with Crippen LogP contribution in [-0.2, 0) is 17.1 Å². The van der Waals surface area contributed by atoms with Crippen LogP contribution in [0.5, 0.6) is 0 Å². The Morgan fingerprint density at radius 2 is 2.29 bits per heavy atom. The van der Waals surface area contributed by atoms with Crippen molar-refractivity contribution in [3.63, 3.8) is 0 Å². The van der Waals surface area contributed by atoms with Crippen molar-refractivity contribution < 1.29 is 18.7 Å². The second-order valence-electron chi connectivity index (χ2n) is 3.14. The molecule has 0 fully saturated rings. The zero-order chi connectivity index (χ0) is 13.0. The average Bonchev–Trinajstić information content (AvgIpc) is 2.26. The molecule has 1 aromatic heterocycles. The third kappa shape index (κ3) is 3.11. The van der Waals surface area contributed by atoms with Gasteiger partial charge in [-0.05, 0) is 6.07 Å². The highest BCUT2D eigenvalue weighted by molar-refractivity contribution is 6.17. The topological polar surface area (TPSA) is 74.0 Å². The van der Waals surface area contributed by atoms with Gasteiger partial charge in [-0.15, -0.1) is 11.6 Å². The first-order valence-corrected chi connectivity index (χ1v) is 5.01. The smallest absolute Gasteiger partial charge is 0.309 e. The van der Waals surface area contributed by atoms with Gasteiger partial charge in [0.15, 0.2) is 0 Å². The van der Waals surface area contributed by atoms with Crippen LogP contribution in [0, 0.1) is 11.3 Å². The lowest BCUT2D eigenvalue weighted by Crippen LogP contribution is -2.08. The van der Waals surface area contributed by atoms with E-state index >= 15 is 0 Å². The highest BCUT2D eigenvalue weighted by atomic mass is 35.5. The maximum absolute atomic E-state index is 12.7. The van der Waals surface area contributed by atoms with Crippen LogP contribution in [0.1, 0.15) is 28.9 Å². The predicted molar refractivity (Wildman–Crippen MR) is 54.8 cm³/mol. The number of hydrogen-bond donors (Lipinski definition) is 1. The number of carboxylic acid groups (broad SMARTS) is 1. The predicted octanol–water partition coefficient (Wildman–Crippen LogP) is 2.26. The van der Waals surface area contributed by atoms with Gasteiger partial charge in [0.1, 0.15) is 6.07 Å². The number of halogens is 3. The molecule has 0 saturated heterocycles. The van der Waals surface area contributed by atoms with Crippen molar-refractivity contribution in [1.82, 2.24) is 4.98 Å². The second-order valence-corrected chi connectivity index (χ2v) is 3.41. The molecule has 1 N–H and O–H groups in total. The lowest BCUT2D eigenvalue weighted by atomic mass is 10.1. The minimum atomic E-state index is -2.87. The van der Waals surface area contributed by atoms with Crippen LogP contribution in [0.4, 0.5) is 8.78 Å². The van der Waals surface area contributed by atoms with Crippen molar-refractivity contribution in [2.75, 3.05) is 0 Å². The summed E-state index contributed by atoms with van der Waals surface area (Å²) in [7, 11) is 0. The van der Waals surface area contributed by atoms with Gasteiger partial charge in [0.2, 0.25) is 0 Å². The molecule has 1 heterocycles. The number of pyridine rings is 1. The molecular weight excluding hydrogens is 254 g/mol. The van der Waals surface area contributed by atoms with Crippen LogP contribution in [0.25, 0.3) is 0 Å². The zero-order valence-corrected chi connectivity index (χ0v) is 9.21. The summed E-state index contributed by atoms with van der Waals surface area (Å²) < 4.78 is 25.4. The molecule has 90 valence electrons. The van der Waals surface area contributed by atoms with Gasteiger partial charge in [0.25, 0.3) is 6.43 Å². The van der Waals surface area contributed by atoms with E-state index in [0.717, 1.165) is 6.07 Å². The summed E-state index contributed by atoms with van der Waals surface area (Å²) >= 11 is 5.49. The van der Waals surface area contributed by atoms with Crippen LogP contribution < -0.4 is 0 Å². The van der Waals surface area contributed by atoms with Gasteiger partial charge in [0.05, 0.1) is 29.3 Å². The maximum atomic E-state index is 12.7. The molecule has 0 radical (unpaired) electrons. The van der Waals surface area contributed by atoms with E-state index in [1.807, 2.05) is 0 Å². The highest BCUT2D eigenvalue weighted by Crippen LogP contribution is 2.26. The summed E-state index contributed by atoms with van der Waals surface area (Å²) in [5.41, 5.74) is -0.885. The van der Waals surface area contributed by atoms with E-state index in [4.69, 9.17) is 22.0 Å². The highest BCUT2D eigenvalue weighted by Gasteiger charge is 2.19. The number of carboxylic acids is 1. The van der Waals surface area contributed by atoms with E-state index in [1.54, 1.807) is 6.07 Å². The van der Waals surface area contributed by atoms with Crippen LogP contribution in [0.3, 0.4) is 0 Å². The number of carbonyl (C=O) groups is 1. The number of aromatic nitrogens is 1.